The number of benzene rings is 3. The molecule has 1 aromatic heterocycles. The van der Waals surface area contributed by atoms with Crippen LogP contribution in [0.25, 0.3) is 34.0 Å². The fourth-order valence-electron chi connectivity index (χ4n) is 3.93. The first kappa shape index (κ1) is 26.0. The molecule has 3 aromatic carbocycles. The average molecular weight is 517 g/mol. The topological polar surface area (TPSA) is 79.5 Å². The van der Waals surface area contributed by atoms with Crippen molar-refractivity contribution in [3.05, 3.63) is 82.9 Å². The summed E-state index contributed by atoms with van der Waals surface area (Å²) < 4.78 is 76.3. The van der Waals surface area contributed by atoms with Gasteiger partial charge in [0.05, 0.1) is 17.7 Å². The highest BCUT2D eigenvalue weighted by atomic mass is 19.4. The Balaban J connectivity index is 1.68. The molecule has 0 radical (unpaired) electrons. The minimum Gasteiger partial charge on any atom is -0.480 e. The van der Waals surface area contributed by atoms with E-state index in [0.29, 0.717) is 11.1 Å². The third-order valence-electron chi connectivity index (χ3n) is 5.68. The Morgan fingerprint density at radius 3 is 2.38 bits per heavy atom. The van der Waals surface area contributed by atoms with Gasteiger partial charge in [-0.2, -0.15) is 18.2 Å². The zero-order chi connectivity index (χ0) is 26.9. The number of hydrogen-bond acceptors (Lipinski definition) is 5. The minimum atomic E-state index is -4.69. The Hall–Kier alpha value is -4.12. The molecule has 0 aliphatic heterocycles. The van der Waals surface area contributed by atoms with Crippen molar-refractivity contribution in [3.8, 4) is 34.0 Å². The Morgan fingerprint density at radius 1 is 1.00 bits per heavy atom. The number of rotatable bonds is 7. The van der Waals surface area contributed by atoms with E-state index in [-0.39, 0.29) is 47.1 Å². The molecule has 1 N–H and O–H groups in total. The molecule has 4 rings (SSSR count). The van der Waals surface area contributed by atoms with E-state index in [4.69, 9.17) is 9.63 Å². The number of carboxylic acids is 1. The fourth-order valence-corrected chi connectivity index (χ4v) is 3.93. The number of halogens is 5. The van der Waals surface area contributed by atoms with Gasteiger partial charge in [-0.05, 0) is 48.9 Å². The van der Waals surface area contributed by atoms with Crippen molar-refractivity contribution in [2.45, 2.75) is 19.6 Å². The number of aliphatic carboxylic acids is 1. The van der Waals surface area contributed by atoms with Crippen LogP contribution < -0.4 is 0 Å². The maximum absolute atomic E-state index is 14.8. The Morgan fingerprint density at radius 2 is 1.70 bits per heavy atom. The highest BCUT2D eigenvalue weighted by Gasteiger charge is 2.35. The monoisotopic (exact) mass is 517 g/mol. The van der Waals surface area contributed by atoms with Crippen molar-refractivity contribution in [1.29, 1.82) is 0 Å². The molecular weight excluding hydrogens is 497 g/mol. The molecular formula is C26H20F5N3O3. The zero-order valence-corrected chi connectivity index (χ0v) is 19.6. The van der Waals surface area contributed by atoms with Gasteiger partial charge in [0.1, 0.15) is 0 Å². The molecule has 0 fully saturated rings. The SMILES string of the molecule is Cc1ccccc1-c1ccc(-c2nc(-c3ccc(CN(C)CC(=O)O)c(F)c3F)no2)cc1C(F)(F)F. The lowest BCUT2D eigenvalue weighted by Crippen LogP contribution is -2.25. The fraction of sp³-hybridized carbons (Fsp3) is 0.192. The van der Waals surface area contributed by atoms with Crippen LogP contribution in [0, 0.1) is 18.6 Å². The van der Waals surface area contributed by atoms with Crippen LogP contribution >= 0.6 is 0 Å². The second kappa shape index (κ2) is 10.1. The summed E-state index contributed by atoms with van der Waals surface area (Å²) in [5.74, 6) is -4.29. The molecule has 0 aliphatic carbocycles. The van der Waals surface area contributed by atoms with E-state index in [1.807, 2.05) is 0 Å². The van der Waals surface area contributed by atoms with Gasteiger partial charge in [0.15, 0.2) is 11.6 Å². The van der Waals surface area contributed by atoms with Crippen LogP contribution in [0.4, 0.5) is 22.0 Å². The van der Waals surface area contributed by atoms with E-state index in [2.05, 4.69) is 10.1 Å². The normalized spacial score (nSPS) is 11.8. The second-order valence-electron chi connectivity index (χ2n) is 8.46. The summed E-state index contributed by atoms with van der Waals surface area (Å²) in [5, 5.41) is 12.4. The molecule has 0 spiro atoms. The van der Waals surface area contributed by atoms with Crippen molar-refractivity contribution in [1.82, 2.24) is 15.0 Å². The molecule has 0 saturated heterocycles. The summed E-state index contributed by atoms with van der Waals surface area (Å²) in [6.45, 7) is 1.16. The van der Waals surface area contributed by atoms with Crippen LogP contribution in [-0.2, 0) is 17.5 Å². The predicted octanol–water partition coefficient (Wildman–Crippen LogP) is 6.19. The highest BCUT2D eigenvalue weighted by Crippen LogP contribution is 2.40. The number of aryl methyl sites for hydroxylation is 1. The van der Waals surface area contributed by atoms with Gasteiger partial charge in [0.25, 0.3) is 5.89 Å². The third-order valence-corrected chi connectivity index (χ3v) is 5.68. The Kier molecular flexibility index (Phi) is 7.08. The number of nitrogens with zero attached hydrogens (tertiary/aromatic N) is 3. The molecule has 0 bridgehead atoms. The number of likely N-dealkylation sites (N-methyl/N-ethyl adjacent to an activating group) is 1. The molecule has 0 amide bonds. The first-order valence-corrected chi connectivity index (χ1v) is 10.9. The molecule has 1 heterocycles. The molecule has 37 heavy (non-hydrogen) atoms. The second-order valence-corrected chi connectivity index (χ2v) is 8.46. The largest absolute Gasteiger partial charge is 0.480 e. The Bertz CT molecular complexity index is 1470. The average Bonchev–Trinajstić information content (AvgIpc) is 3.31. The maximum atomic E-state index is 14.8. The standard InChI is InChI=1S/C26H20F5N3O3/c1-14-5-3-4-6-17(14)18-9-7-15(11-20(18)26(29,30)31)25-32-24(33-37-25)19-10-8-16(22(27)23(19)28)12-34(2)13-21(35)36/h3-11H,12-13H2,1-2H3,(H,35,36). The van der Waals surface area contributed by atoms with Gasteiger partial charge in [0.2, 0.25) is 5.82 Å². The number of carboxylic acid groups (broad SMARTS) is 1. The van der Waals surface area contributed by atoms with Crippen LogP contribution in [-0.4, -0.2) is 39.7 Å². The Labute approximate surface area is 208 Å². The molecule has 192 valence electrons. The van der Waals surface area contributed by atoms with Gasteiger partial charge in [-0.15, -0.1) is 0 Å². The zero-order valence-electron chi connectivity index (χ0n) is 19.6. The number of aromatic nitrogens is 2. The molecule has 0 saturated carbocycles. The lowest BCUT2D eigenvalue weighted by atomic mass is 9.94. The summed E-state index contributed by atoms with van der Waals surface area (Å²) in [5.41, 5.74) is -0.344. The summed E-state index contributed by atoms with van der Waals surface area (Å²) in [6.07, 6.45) is -4.69. The number of hydrogen-bond donors (Lipinski definition) is 1. The van der Waals surface area contributed by atoms with Gasteiger partial charge >= 0.3 is 12.1 Å². The quantitative estimate of drug-likeness (QED) is 0.295. The van der Waals surface area contributed by atoms with E-state index in [1.165, 1.54) is 36.2 Å². The van der Waals surface area contributed by atoms with E-state index < -0.39 is 29.3 Å². The van der Waals surface area contributed by atoms with Gasteiger partial charge in [-0.1, -0.05) is 41.6 Å². The predicted molar refractivity (Wildman–Crippen MR) is 124 cm³/mol. The summed E-state index contributed by atoms with van der Waals surface area (Å²) in [7, 11) is 1.43. The van der Waals surface area contributed by atoms with E-state index >= 15 is 0 Å². The lowest BCUT2D eigenvalue weighted by molar-refractivity contribution is -0.138. The van der Waals surface area contributed by atoms with Crippen LogP contribution in [0.5, 0.6) is 0 Å². The highest BCUT2D eigenvalue weighted by molar-refractivity contribution is 5.74. The van der Waals surface area contributed by atoms with Crippen molar-refractivity contribution < 1.29 is 36.4 Å². The lowest BCUT2D eigenvalue weighted by Gasteiger charge is -2.15. The van der Waals surface area contributed by atoms with E-state index in [9.17, 15) is 26.7 Å². The van der Waals surface area contributed by atoms with Crippen LogP contribution in [0.3, 0.4) is 0 Å². The van der Waals surface area contributed by atoms with Gasteiger partial charge in [-0.25, -0.2) is 8.78 Å². The number of alkyl halides is 3. The maximum Gasteiger partial charge on any atom is 0.417 e. The summed E-state index contributed by atoms with van der Waals surface area (Å²) >= 11 is 0. The molecule has 11 heteroatoms. The van der Waals surface area contributed by atoms with Gasteiger partial charge in [-0.3, -0.25) is 9.69 Å². The molecule has 6 nitrogen and oxygen atoms in total. The van der Waals surface area contributed by atoms with E-state index in [1.54, 1.807) is 31.2 Å². The minimum absolute atomic E-state index is 0.0225. The van der Waals surface area contributed by atoms with Crippen LogP contribution in [0.1, 0.15) is 16.7 Å². The van der Waals surface area contributed by atoms with Gasteiger partial charge in [0, 0.05) is 17.7 Å². The van der Waals surface area contributed by atoms with Gasteiger partial charge < -0.3 is 9.63 Å². The molecule has 0 aliphatic rings. The molecule has 4 aromatic rings. The van der Waals surface area contributed by atoms with E-state index in [0.717, 1.165) is 6.07 Å². The van der Waals surface area contributed by atoms with Crippen molar-refractivity contribution >= 4 is 5.97 Å². The first-order chi connectivity index (χ1) is 17.5. The van der Waals surface area contributed by atoms with Crippen LogP contribution in [0.15, 0.2) is 59.1 Å². The summed E-state index contributed by atoms with van der Waals surface area (Å²) in [4.78, 5) is 16.1. The summed E-state index contributed by atoms with van der Waals surface area (Å²) in [6, 6.07) is 12.7. The van der Waals surface area contributed by atoms with Crippen molar-refractivity contribution in [3.63, 3.8) is 0 Å². The number of carbonyl (C=O) groups is 1. The van der Waals surface area contributed by atoms with Crippen LogP contribution in [0.2, 0.25) is 0 Å². The molecule has 0 unspecified atom stereocenters. The smallest absolute Gasteiger partial charge is 0.417 e. The van der Waals surface area contributed by atoms with Crippen molar-refractivity contribution in [2.24, 2.45) is 0 Å². The first-order valence-electron chi connectivity index (χ1n) is 10.9. The van der Waals surface area contributed by atoms with Crippen molar-refractivity contribution in [2.75, 3.05) is 13.6 Å². The third kappa shape index (κ3) is 5.51. The molecule has 0 atom stereocenters.